The summed E-state index contributed by atoms with van der Waals surface area (Å²) in [6, 6.07) is 2.87. The molecule has 2 amide bonds. The standard InChI is InChI=1S/C14H20Cl2N4O2/c1-13(2,17)11(21)19-9-5-7(15)8(16)6-10(9)20-12(22)14(3,4)18/h5-6H,17-18H2,1-4H3,(H,19,21)(H,20,22). The third-order valence-corrected chi connectivity index (χ3v) is 3.45. The molecule has 0 fully saturated rings. The van der Waals surface area contributed by atoms with E-state index in [1.807, 2.05) is 0 Å². The predicted octanol–water partition coefficient (Wildman–Crippen LogP) is 2.34. The van der Waals surface area contributed by atoms with Gasteiger partial charge in [-0.05, 0) is 39.8 Å². The highest BCUT2D eigenvalue weighted by atomic mass is 35.5. The van der Waals surface area contributed by atoms with Gasteiger partial charge in [0.05, 0.1) is 32.5 Å². The average Bonchev–Trinajstić information content (AvgIpc) is 2.32. The number of rotatable bonds is 4. The van der Waals surface area contributed by atoms with Crippen LogP contribution in [0.2, 0.25) is 10.0 Å². The van der Waals surface area contributed by atoms with Crippen LogP contribution >= 0.6 is 23.2 Å². The van der Waals surface area contributed by atoms with E-state index < -0.39 is 22.9 Å². The summed E-state index contributed by atoms with van der Waals surface area (Å²) in [6.07, 6.45) is 0. The van der Waals surface area contributed by atoms with Gasteiger partial charge < -0.3 is 22.1 Å². The quantitative estimate of drug-likeness (QED) is 0.670. The molecular weight excluding hydrogens is 327 g/mol. The van der Waals surface area contributed by atoms with Crippen molar-refractivity contribution in [2.24, 2.45) is 11.5 Å². The topological polar surface area (TPSA) is 110 Å². The molecule has 0 aliphatic carbocycles. The molecule has 1 aromatic carbocycles. The Morgan fingerprint density at radius 1 is 0.864 bits per heavy atom. The Balaban J connectivity index is 3.18. The molecule has 0 saturated heterocycles. The predicted molar refractivity (Wildman–Crippen MR) is 90.3 cm³/mol. The molecule has 22 heavy (non-hydrogen) atoms. The molecule has 1 rings (SSSR count). The van der Waals surface area contributed by atoms with Crippen molar-refractivity contribution in [3.05, 3.63) is 22.2 Å². The van der Waals surface area contributed by atoms with Crippen LogP contribution in [-0.4, -0.2) is 22.9 Å². The summed E-state index contributed by atoms with van der Waals surface area (Å²) in [5.74, 6) is -0.873. The number of hydrogen-bond acceptors (Lipinski definition) is 4. The van der Waals surface area contributed by atoms with Crippen molar-refractivity contribution < 1.29 is 9.59 Å². The van der Waals surface area contributed by atoms with Gasteiger partial charge in [0.2, 0.25) is 11.8 Å². The van der Waals surface area contributed by atoms with Crippen LogP contribution in [-0.2, 0) is 9.59 Å². The third-order valence-electron chi connectivity index (χ3n) is 2.73. The van der Waals surface area contributed by atoms with Crippen LogP contribution in [0.4, 0.5) is 11.4 Å². The molecule has 0 aliphatic rings. The lowest BCUT2D eigenvalue weighted by atomic mass is 10.1. The van der Waals surface area contributed by atoms with Crippen LogP contribution in [0.3, 0.4) is 0 Å². The second-order valence-electron chi connectivity index (χ2n) is 6.16. The van der Waals surface area contributed by atoms with Gasteiger partial charge in [-0.1, -0.05) is 23.2 Å². The minimum absolute atomic E-state index is 0.233. The van der Waals surface area contributed by atoms with Crippen LogP contribution < -0.4 is 22.1 Å². The Bertz CT molecular complexity index is 551. The van der Waals surface area contributed by atoms with Crippen LogP contribution in [0.25, 0.3) is 0 Å². The fraction of sp³-hybridized carbons (Fsp3) is 0.429. The number of carbonyl (C=O) groups is 2. The first-order valence-corrected chi connectivity index (χ1v) is 7.27. The minimum atomic E-state index is -1.10. The summed E-state index contributed by atoms with van der Waals surface area (Å²) in [5.41, 5.74) is 9.86. The highest BCUT2D eigenvalue weighted by Crippen LogP contribution is 2.33. The molecule has 0 saturated carbocycles. The van der Waals surface area contributed by atoms with E-state index in [9.17, 15) is 9.59 Å². The normalized spacial score (nSPS) is 12.0. The lowest BCUT2D eigenvalue weighted by Crippen LogP contribution is -2.46. The lowest BCUT2D eigenvalue weighted by Gasteiger charge is -2.22. The summed E-state index contributed by atoms with van der Waals surface area (Å²) < 4.78 is 0. The monoisotopic (exact) mass is 346 g/mol. The Hall–Kier alpha value is -1.34. The van der Waals surface area contributed by atoms with Crippen LogP contribution in [0.15, 0.2) is 12.1 Å². The van der Waals surface area contributed by atoms with Gasteiger partial charge in [0.15, 0.2) is 0 Å². The van der Waals surface area contributed by atoms with Gasteiger partial charge in [-0.3, -0.25) is 9.59 Å². The number of hydrogen-bond donors (Lipinski definition) is 4. The van der Waals surface area contributed by atoms with Gasteiger partial charge in [0.25, 0.3) is 0 Å². The van der Waals surface area contributed by atoms with E-state index in [4.69, 9.17) is 34.7 Å². The Morgan fingerprint density at radius 3 is 1.36 bits per heavy atom. The zero-order valence-electron chi connectivity index (χ0n) is 12.9. The molecular formula is C14H20Cl2N4O2. The molecule has 6 N–H and O–H groups in total. The SMILES string of the molecule is CC(C)(N)C(=O)Nc1cc(Cl)c(Cl)cc1NC(=O)C(C)(C)N. The van der Waals surface area contributed by atoms with Gasteiger partial charge in [0, 0.05) is 0 Å². The molecule has 122 valence electrons. The van der Waals surface area contributed by atoms with E-state index in [0.717, 1.165) is 0 Å². The molecule has 6 nitrogen and oxygen atoms in total. The van der Waals surface area contributed by atoms with Gasteiger partial charge in [-0.15, -0.1) is 0 Å². The van der Waals surface area contributed by atoms with Gasteiger partial charge in [-0.25, -0.2) is 0 Å². The minimum Gasteiger partial charge on any atom is -0.323 e. The molecule has 0 aromatic heterocycles. The first-order chi connectivity index (χ1) is 9.82. The Kier molecular flexibility index (Phi) is 5.46. The molecule has 0 spiro atoms. The molecule has 0 radical (unpaired) electrons. The summed E-state index contributed by atoms with van der Waals surface area (Å²) in [5, 5.41) is 5.69. The molecule has 1 aromatic rings. The average molecular weight is 347 g/mol. The van der Waals surface area contributed by atoms with E-state index >= 15 is 0 Å². The maximum Gasteiger partial charge on any atom is 0.243 e. The largest absolute Gasteiger partial charge is 0.323 e. The van der Waals surface area contributed by atoms with Crippen molar-refractivity contribution in [3.8, 4) is 0 Å². The van der Waals surface area contributed by atoms with Gasteiger partial charge in [-0.2, -0.15) is 0 Å². The highest BCUT2D eigenvalue weighted by molar-refractivity contribution is 6.42. The molecule has 8 heteroatoms. The van der Waals surface area contributed by atoms with Crippen molar-refractivity contribution in [3.63, 3.8) is 0 Å². The summed E-state index contributed by atoms with van der Waals surface area (Å²) in [6.45, 7) is 6.23. The smallest absolute Gasteiger partial charge is 0.243 e. The van der Waals surface area contributed by atoms with Crippen molar-refractivity contribution >= 4 is 46.4 Å². The fourth-order valence-corrected chi connectivity index (χ4v) is 1.65. The maximum atomic E-state index is 12.0. The van der Waals surface area contributed by atoms with E-state index in [2.05, 4.69) is 10.6 Å². The van der Waals surface area contributed by atoms with Gasteiger partial charge in [0.1, 0.15) is 0 Å². The lowest BCUT2D eigenvalue weighted by molar-refractivity contribution is -0.120. The van der Waals surface area contributed by atoms with Gasteiger partial charge >= 0.3 is 0 Å². The molecule has 0 bridgehead atoms. The van der Waals surface area contributed by atoms with Crippen LogP contribution in [0, 0.1) is 0 Å². The summed E-state index contributed by atoms with van der Waals surface area (Å²) in [7, 11) is 0. The number of nitrogens with one attached hydrogen (secondary N) is 2. The number of nitrogens with two attached hydrogens (primary N) is 2. The number of amides is 2. The number of halogens is 2. The van der Waals surface area contributed by atoms with E-state index in [1.165, 1.54) is 12.1 Å². The first kappa shape index (κ1) is 18.7. The molecule has 0 aliphatic heterocycles. The maximum absolute atomic E-state index is 12.0. The van der Waals surface area contributed by atoms with Crippen molar-refractivity contribution in [1.29, 1.82) is 0 Å². The molecule has 0 unspecified atom stereocenters. The van der Waals surface area contributed by atoms with E-state index in [0.29, 0.717) is 0 Å². The van der Waals surface area contributed by atoms with Crippen molar-refractivity contribution in [2.75, 3.05) is 10.6 Å². The number of benzene rings is 1. The third kappa shape index (κ3) is 4.84. The zero-order chi connectivity index (χ0) is 17.3. The van der Waals surface area contributed by atoms with Crippen molar-refractivity contribution in [2.45, 2.75) is 38.8 Å². The second-order valence-corrected chi connectivity index (χ2v) is 6.98. The summed E-state index contributed by atoms with van der Waals surface area (Å²) >= 11 is 11.9. The molecule has 0 atom stereocenters. The van der Waals surface area contributed by atoms with Crippen LogP contribution in [0.5, 0.6) is 0 Å². The first-order valence-electron chi connectivity index (χ1n) is 6.52. The Morgan fingerprint density at radius 2 is 1.14 bits per heavy atom. The van der Waals surface area contributed by atoms with Crippen molar-refractivity contribution in [1.82, 2.24) is 0 Å². The van der Waals surface area contributed by atoms with Crippen LogP contribution in [0.1, 0.15) is 27.7 Å². The zero-order valence-corrected chi connectivity index (χ0v) is 14.4. The molecule has 0 heterocycles. The van der Waals surface area contributed by atoms with E-state index in [1.54, 1.807) is 27.7 Å². The number of anilines is 2. The summed E-state index contributed by atoms with van der Waals surface area (Å²) in [4.78, 5) is 24.0. The number of carbonyl (C=O) groups excluding carboxylic acids is 2. The second kappa shape index (κ2) is 6.42. The van der Waals surface area contributed by atoms with E-state index in [-0.39, 0.29) is 21.4 Å². The Labute approximate surface area is 139 Å². The highest BCUT2D eigenvalue weighted by Gasteiger charge is 2.26. The fourth-order valence-electron chi connectivity index (χ4n) is 1.32.